The molecule has 0 unspecified atom stereocenters. The molecule has 0 atom stereocenters. The lowest BCUT2D eigenvalue weighted by molar-refractivity contribution is -0.117. The van der Waals surface area contributed by atoms with E-state index in [4.69, 9.17) is 5.73 Å². The molecule has 3 fully saturated rings. The van der Waals surface area contributed by atoms with Crippen molar-refractivity contribution < 1.29 is 9.59 Å². The first-order chi connectivity index (χ1) is 16.0. The lowest BCUT2D eigenvalue weighted by atomic mass is 10.0. The summed E-state index contributed by atoms with van der Waals surface area (Å²) in [5, 5.41) is 0. The van der Waals surface area contributed by atoms with Crippen LogP contribution in [0, 0.1) is 0 Å². The molecule has 0 radical (unpaired) electrons. The van der Waals surface area contributed by atoms with E-state index < -0.39 is 0 Å². The number of benzene rings is 1. The zero-order chi connectivity index (χ0) is 23.4. The fourth-order valence-electron chi connectivity index (χ4n) is 4.03. The van der Waals surface area contributed by atoms with E-state index in [2.05, 4.69) is 30.9 Å². The molecule has 0 aromatic heterocycles. The summed E-state index contributed by atoms with van der Waals surface area (Å²) in [6.07, 6.45) is 6.54. The topological polar surface area (TPSA) is 72.4 Å². The molecule has 0 bridgehead atoms. The summed E-state index contributed by atoms with van der Waals surface area (Å²) in [7, 11) is 0. The Kier molecular flexibility index (Phi) is 7.26. The Morgan fingerprint density at radius 2 is 1.30 bits per heavy atom. The van der Waals surface area contributed by atoms with Gasteiger partial charge in [-0.2, -0.15) is 0 Å². The van der Waals surface area contributed by atoms with Gasteiger partial charge in [0, 0.05) is 69.8 Å². The molecule has 3 aliphatic heterocycles. The Morgan fingerprint density at radius 3 is 1.79 bits per heavy atom. The van der Waals surface area contributed by atoms with E-state index in [1.54, 1.807) is 0 Å². The van der Waals surface area contributed by atoms with Crippen LogP contribution < -0.4 is 10.6 Å². The Labute approximate surface area is 197 Å². The number of nitrogen functional groups attached to an aromatic ring is 1. The van der Waals surface area contributed by atoms with Crippen LogP contribution >= 0.6 is 0 Å². The summed E-state index contributed by atoms with van der Waals surface area (Å²) < 4.78 is 0. The van der Waals surface area contributed by atoms with Gasteiger partial charge < -0.3 is 25.3 Å². The van der Waals surface area contributed by atoms with E-state index in [0.29, 0.717) is 17.1 Å². The van der Waals surface area contributed by atoms with Crippen molar-refractivity contribution in [3.05, 3.63) is 47.4 Å². The van der Waals surface area contributed by atoms with Crippen molar-refractivity contribution in [2.24, 2.45) is 0 Å². The van der Waals surface area contributed by atoms with Crippen LogP contribution in [0.5, 0.6) is 0 Å². The highest BCUT2D eigenvalue weighted by Crippen LogP contribution is 2.33. The minimum Gasteiger partial charge on any atom is -0.399 e. The molecule has 3 heterocycles. The lowest BCUT2D eigenvalue weighted by Gasteiger charge is -2.24. The summed E-state index contributed by atoms with van der Waals surface area (Å²) >= 11 is 0. The maximum Gasteiger partial charge on any atom is 0.227 e. The second-order valence-electron chi connectivity index (χ2n) is 9.17. The molecule has 1 aromatic carbocycles. The summed E-state index contributed by atoms with van der Waals surface area (Å²) in [4.78, 5) is 32.9. The van der Waals surface area contributed by atoms with Crippen LogP contribution in [-0.2, 0) is 9.59 Å². The summed E-state index contributed by atoms with van der Waals surface area (Å²) in [6, 6.07) is 8.22. The number of anilines is 2. The highest BCUT2D eigenvalue weighted by molar-refractivity contribution is 6.22. The van der Waals surface area contributed by atoms with Crippen LogP contribution in [0.3, 0.4) is 0 Å². The first kappa shape index (κ1) is 23.2. The van der Waals surface area contributed by atoms with Crippen molar-refractivity contribution in [1.29, 1.82) is 0 Å². The molecule has 178 valence electrons. The van der Waals surface area contributed by atoms with Gasteiger partial charge in [-0.25, -0.2) is 0 Å². The second-order valence-corrected chi connectivity index (χ2v) is 9.17. The number of Topliss-reactive ketones (excluding diaryl/α,β-unsaturated/α-hetero) is 1. The quantitative estimate of drug-likeness (QED) is 0.333. The third-order valence-corrected chi connectivity index (χ3v) is 6.31. The fraction of sp³-hybridized carbons (Fsp3) is 0.538. The second kappa shape index (κ2) is 10.3. The van der Waals surface area contributed by atoms with Gasteiger partial charge in [0.25, 0.3) is 0 Å². The van der Waals surface area contributed by atoms with Crippen molar-refractivity contribution in [3.8, 4) is 0 Å². The minimum absolute atomic E-state index is 0.00546. The van der Waals surface area contributed by atoms with Gasteiger partial charge in [-0.15, -0.1) is 0 Å². The molecule has 5 rings (SSSR count). The standard InChI is InChI=1S/C14H24N2.C12H13N3O2/c1-3-5-11-16(12-6-4-2)14-9-7-13(15)8-10-14;16-9-7-8(13-1-2-13)12(17)11(15-5-6-15)10(9)14-3-4-14/h7-10H,3-6,11-12,15H2,1-2H3;7H,1-6H2. The number of unbranched alkanes of at least 4 members (excludes halogenated alkanes) is 2. The molecule has 4 aliphatic rings. The number of nitrogens with zero attached hydrogens (tertiary/aromatic N) is 4. The number of allylic oxidation sites excluding steroid dienone is 1. The van der Waals surface area contributed by atoms with Crippen LogP contribution in [0.15, 0.2) is 47.4 Å². The van der Waals surface area contributed by atoms with Gasteiger partial charge in [-0.3, -0.25) is 9.59 Å². The number of rotatable bonds is 10. The number of carbonyl (C=O) groups excluding carboxylic acids is 2. The number of carbonyl (C=O) groups is 2. The zero-order valence-electron chi connectivity index (χ0n) is 20.1. The van der Waals surface area contributed by atoms with E-state index >= 15 is 0 Å². The first-order valence-corrected chi connectivity index (χ1v) is 12.4. The fourth-order valence-corrected chi connectivity index (χ4v) is 4.03. The molecule has 0 saturated carbocycles. The van der Waals surface area contributed by atoms with Gasteiger partial charge in [-0.05, 0) is 37.1 Å². The SMILES string of the molecule is CCCCN(CCCC)c1ccc(N)cc1.O=C1C=C(N2CC2)C(=O)C(N2CC2)=C1N1CC1. The molecular formula is C26H37N5O2. The highest BCUT2D eigenvalue weighted by Gasteiger charge is 2.43. The molecule has 2 N–H and O–H groups in total. The Morgan fingerprint density at radius 1 is 0.788 bits per heavy atom. The average molecular weight is 452 g/mol. The van der Waals surface area contributed by atoms with Gasteiger partial charge in [0.05, 0.1) is 5.70 Å². The number of nitrogens with two attached hydrogens (primary N) is 1. The molecular weight excluding hydrogens is 414 g/mol. The van der Waals surface area contributed by atoms with E-state index in [0.717, 1.165) is 58.0 Å². The largest absolute Gasteiger partial charge is 0.399 e. The molecule has 0 amide bonds. The zero-order valence-corrected chi connectivity index (χ0v) is 20.1. The Bertz CT molecular complexity index is 917. The van der Waals surface area contributed by atoms with E-state index in [-0.39, 0.29) is 11.6 Å². The van der Waals surface area contributed by atoms with E-state index in [9.17, 15) is 9.59 Å². The van der Waals surface area contributed by atoms with Gasteiger partial charge in [0.1, 0.15) is 11.4 Å². The van der Waals surface area contributed by atoms with Gasteiger partial charge in [0.15, 0.2) is 0 Å². The van der Waals surface area contributed by atoms with E-state index in [1.165, 1.54) is 37.4 Å². The predicted octanol–water partition coefficient (Wildman–Crippen LogP) is 2.86. The van der Waals surface area contributed by atoms with Crippen LogP contribution in [0.25, 0.3) is 0 Å². The van der Waals surface area contributed by atoms with Gasteiger partial charge in [0.2, 0.25) is 11.6 Å². The lowest BCUT2D eigenvalue weighted by Crippen LogP contribution is -2.29. The molecule has 7 heteroatoms. The van der Waals surface area contributed by atoms with Crippen LogP contribution in [0.2, 0.25) is 0 Å². The molecule has 3 saturated heterocycles. The maximum atomic E-state index is 12.4. The monoisotopic (exact) mass is 451 g/mol. The number of hydrogen-bond acceptors (Lipinski definition) is 7. The molecule has 33 heavy (non-hydrogen) atoms. The summed E-state index contributed by atoms with van der Waals surface area (Å²) in [6.45, 7) is 12.2. The minimum atomic E-state index is 0.00546. The predicted molar refractivity (Wildman–Crippen MR) is 133 cm³/mol. The molecule has 7 nitrogen and oxygen atoms in total. The number of ketones is 2. The third kappa shape index (κ3) is 5.89. The third-order valence-electron chi connectivity index (χ3n) is 6.31. The smallest absolute Gasteiger partial charge is 0.227 e. The van der Waals surface area contributed by atoms with E-state index in [1.807, 2.05) is 26.8 Å². The van der Waals surface area contributed by atoms with Crippen LogP contribution in [0.4, 0.5) is 11.4 Å². The molecule has 1 aromatic rings. The first-order valence-electron chi connectivity index (χ1n) is 12.4. The summed E-state index contributed by atoms with van der Waals surface area (Å²) in [5.74, 6) is 0.0485. The van der Waals surface area contributed by atoms with Crippen molar-refractivity contribution >= 4 is 22.9 Å². The van der Waals surface area contributed by atoms with Crippen molar-refractivity contribution in [2.45, 2.75) is 39.5 Å². The normalized spacial score (nSPS) is 18.7. The highest BCUT2D eigenvalue weighted by atomic mass is 16.1. The average Bonchev–Trinajstić information content (AvgIpc) is 3.64. The number of hydrogen-bond donors (Lipinski definition) is 1. The van der Waals surface area contributed by atoms with Crippen LogP contribution in [0.1, 0.15) is 39.5 Å². The van der Waals surface area contributed by atoms with Gasteiger partial charge >= 0.3 is 0 Å². The Balaban J connectivity index is 0.000000158. The summed E-state index contributed by atoms with van der Waals surface area (Å²) in [5.41, 5.74) is 9.74. The van der Waals surface area contributed by atoms with Crippen molar-refractivity contribution in [1.82, 2.24) is 14.7 Å². The van der Waals surface area contributed by atoms with Crippen molar-refractivity contribution in [2.75, 3.05) is 63.0 Å². The maximum absolute atomic E-state index is 12.4. The Hall–Kier alpha value is -2.96. The van der Waals surface area contributed by atoms with Crippen molar-refractivity contribution in [3.63, 3.8) is 0 Å². The molecule has 1 aliphatic carbocycles. The van der Waals surface area contributed by atoms with Crippen LogP contribution in [-0.4, -0.2) is 78.6 Å². The van der Waals surface area contributed by atoms with Gasteiger partial charge in [-0.1, -0.05) is 26.7 Å². The molecule has 0 spiro atoms.